The predicted molar refractivity (Wildman–Crippen MR) is 61.9 cm³/mol. The molecule has 0 aliphatic rings. The number of rotatable bonds is 5. The zero-order valence-corrected chi connectivity index (χ0v) is 9.72. The van der Waals surface area contributed by atoms with E-state index in [0.717, 1.165) is 11.1 Å². The van der Waals surface area contributed by atoms with Gasteiger partial charge in [-0.25, -0.2) is 0 Å². The quantitative estimate of drug-likeness (QED) is 0.656. The molecule has 0 amide bonds. The first-order valence-corrected chi connectivity index (χ1v) is 5.20. The summed E-state index contributed by atoms with van der Waals surface area (Å²) >= 11 is 0. The van der Waals surface area contributed by atoms with Gasteiger partial charge in [0.05, 0.1) is 25.4 Å². The molecule has 3 N–H and O–H groups in total. The van der Waals surface area contributed by atoms with Crippen molar-refractivity contribution < 1.29 is 15.3 Å². The molecule has 0 aromatic heterocycles. The average Bonchev–Trinajstić information content (AvgIpc) is 2.31. The van der Waals surface area contributed by atoms with Crippen molar-refractivity contribution in [1.29, 1.82) is 0 Å². The molecule has 0 aliphatic heterocycles. The number of nitrogens with zero attached hydrogens (tertiary/aromatic N) is 1. The summed E-state index contributed by atoms with van der Waals surface area (Å²) in [5, 5.41) is 28.3. The highest BCUT2D eigenvalue weighted by molar-refractivity contribution is 5.33. The third-order valence-electron chi connectivity index (χ3n) is 3.07. The molecule has 90 valence electrons. The Hall–Kier alpha value is -0.940. The van der Waals surface area contributed by atoms with Gasteiger partial charge in [0.2, 0.25) is 0 Å². The van der Waals surface area contributed by atoms with Crippen molar-refractivity contribution in [1.82, 2.24) is 4.90 Å². The molecule has 0 saturated heterocycles. The summed E-state index contributed by atoms with van der Waals surface area (Å²) < 4.78 is 0. The second kappa shape index (κ2) is 5.41. The molecular weight excluding hydrogens is 206 g/mol. The number of hydrogen-bond acceptors (Lipinski definition) is 4. The van der Waals surface area contributed by atoms with Gasteiger partial charge in [-0.2, -0.15) is 0 Å². The van der Waals surface area contributed by atoms with E-state index in [1.165, 1.54) is 0 Å². The van der Waals surface area contributed by atoms with Crippen LogP contribution in [0.15, 0.2) is 24.3 Å². The molecule has 0 fully saturated rings. The molecule has 1 aromatic rings. The van der Waals surface area contributed by atoms with E-state index < -0.39 is 5.54 Å². The van der Waals surface area contributed by atoms with Crippen molar-refractivity contribution in [3.8, 4) is 0 Å². The summed E-state index contributed by atoms with van der Waals surface area (Å²) in [5.41, 5.74) is 0.631. The fraction of sp³-hybridized carbons (Fsp3) is 0.500. The second-order valence-corrected chi connectivity index (χ2v) is 4.06. The Bertz CT molecular complexity index is 335. The van der Waals surface area contributed by atoms with Gasteiger partial charge in [0.1, 0.15) is 0 Å². The Labute approximate surface area is 95.8 Å². The lowest BCUT2D eigenvalue weighted by Gasteiger charge is -2.38. The Morgan fingerprint density at radius 3 is 2.06 bits per heavy atom. The molecule has 0 unspecified atom stereocenters. The fourth-order valence-corrected chi connectivity index (χ4v) is 1.86. The van der Waals surface area contributed by atoms with E-state index in [2.05, 4.69) is 0 Å². The van der Waals surface area contributed by atoms with Crippen molar-refractivity contribution in [2.75, 3.05) is 27.3 Å². The van der Waals surface area contributed by atoms with Gasteiger partial charge in [0.15, 0.2) is 0 Å². The van der Waals surface area contributed by atoms with Gasteiger partial charge in [0, 0.05) is 0 Å². The monoisotopic (exact) mass is 225 g/mol. The van der Waals surface area contributed by atoms with Gasteiger partial charge < -0.3 is 15.3 Å². The van der Waals surface area contributed by atoms with Crippen LogP contribution < -0.4 is 0 Å². The van der Waals surface area contributed by atoms with E-state index in [0.29, 0.717) is 0 Å². The molecule has 4 nitrogen and oxygen atoms in total. The molecule has 0 radical (unpaired) electrons. The molecule has 16 heavy (non-hydrogen) atoms. The molecule has 0 aliphatic carbocycles. The summed E-state index contributed by atoms with van der Waals surface area (Å²) in [6.07, 6.45) is 0. The van der Waals surface area contributed by atoms with Gasteiger partial charge in [-0.05, 0) is 25.2 Å². The molecule has 1 aromatic carbocycles. The highest BCUT2D eigenvalue weighted by atomic mass is 16.3. The van der Waals surface area contributed by atoms with Crippen LogP contribution in [0.5, 0.6) is 0 Å². The average molecular weight is 225 g/mol. The summed E-state index contributed by atoms with van der Waals surface area (Å²) in [6.45, 7) is -0.507. The van der Waals surface area contributed by atoms with Crippen LogP contribution in [0, 0.1) is 0 Å². The van der Waals surface area contributed by atoms with Crippen molar-refractivity contribution >= 4 is 0 Å². The van der Waals surface area contributed by atoms with E-state index in [9.17, 15) is 15.3 Å². The molecule has 0 spiro atoms. The minimum absolute atomic E-state index is 0.105. The van der Waals surface area contributed by atoms with Crippen LogP contribution >= 0.6 is 0 Å². The number of aliphatic hydroxyl groups is 3. The van der Waals surface area contributed by atoms with Gasteiger partial charge in [-0.15, -0.1) is 0 Å². The highest BCUT2D eigenvalue weighted by Gasteiger charge is 2.35. The predicted octanol–water partition coefficient (Wildman–Crippen LogP) is -0.0796. The van der Waals surface area contributed by atoms with Crippen molar-refractivity contribution in [2.24, 2.45) is 0 Å². The lowest BCUT2D eigenvalue weighted by atomic mass is 9.87. The SMILES string of the molecule is CN(C)C(CO)(CO)c1ccccc1CO. The van der Waals surface area contributed by atoms with Crippen molar-refractivity contribution in [3.63, 3.8) is 0 Å². The fourth-order valence-electron chi connectivity index (χ4n) is 1.86. The number of aliphatic hydroxyl groups excluding tert-OH is 3. The molecular formula is C12H19NO3. The maximum absolute atomic E-state index is 9.54. The van der Waals surface area contributed by atoms with Crippen molar-refractivity contribution in [2.45, 2.75) is 12.1 Å². The summed E-state index contributed by atoms with van der Waals surface area (Å²) in [4.78, 5) is 1.77. The van der Waals surface area contributed by atoms with Gasteiger partial charge >= 0.3 is 0 Å². The molecule has 0 bridgehead atoms. The molecule has 0 atom stereocenters. The van der Waals surface area contributed by atoms with Crippen LogP contribution in [-0.4, -0.2) is 47.5 Å². The summed E-state index contributed by atoms with van der Waals surface area (Å²) in [7, 11) is 3.58. The zero-order valence-electron chi connectivity index (χ0n) is 9.72. The molecule has 0 heterocycles. The maximum atomic E-state index is 9.54. The Kier molecular flexibility index (Phi) is 4.44. The molecule has 1 rings (SSSR count). The third-order valence-corrected chi connectivity index (χ3v) is 3.07. The number of benzene rings is 1. The Morgan fingerprint density at radius 2 is 1.62 bits per heavy atom. The zero-order chi connectivity index (χ0) is 12.2. The lowest BCUT2D eigenvalue weighted by Crippen LogP contribution is -2.48. The van der Waals surface area contributed by atoms with Gasteiger partial charge in [-0.3, -0.25) is 4.90 Å². The topological polar surface area (TPSA) is 63.9 Å². The largest absolute Gasteiger partial charge is 0.394 e. The van der Waals surface area contributed by atoms with E-state index in [4.69, 9.17) is 0 Å². The Balaban J connectivity index is 3.30. The van der Waals surface area contributed by atoms with Crippen LogP contribution in [-0.2, 0) is 12.1 Å². The number of likely N-dealkylation sites (N-methyl/N-ethyl adjacent to an activating group) is 1. The summed E-state index contributed by atoms with van der Waals surface area (Å²) in [6, 6.07) is 7.26. The van der Waals surface area contributed by atoms with E-state index in [-0.39, 0.29) is 19.8 Å². The van der Waals surface area contributed by atoms with Gasteiger partial charge in [-0.1, -0.05) is 24.3 Å². The van der Waals surface area contributed by atoms with Crippen LogP contribution in [0.3, 0.4) is 0 Å². The summed E-state index contributed by atoms with van der Waals surface area (Å²) in [5.74, 6) is 0. The van der Waals surface area contributed by atoms with E-state index in [1.54, 1.807) is 25.1 Å². The smallest absolute Gasteiger partial charge is 0.0926 e. The van der Waals surface area contributed by atoms with Crippen LogP contribution in [0.25, 0.3) is 0 Å². The first-order valence-electron chi connectivity index (χ1n) is 5.20. The van der Waals surface area contributed by atoms with Crippen LogP contribution in [0.1, 0.15) is 11.1 Å². The minimum atomic E-state index is -0.848. The molecule has 4 heteroatoms. The van der Waals surface area contributed by atoms with E-state index in [1.807, 2.05) is 18.2 Å². The normalized spacial score (nSPS) is 12.1. The second-order valence-electron chi connectivity index (χ2n) is 4.06. The highest BCUT2D eigenvalue weighted by Crippen LogP contribution is 2.28. The molecule has 0 saturated carbocycles. The third kappa shape index (κ3) is 2.10. The van der Waals surface area contributed by atoms with E-state index >= 15 is 0 Å². The maximum Gasteiger partial charge on any atom is 0.0926 e. The standard InChI is InChI=1S/C12H19NO3/c1-13(2)12(8-15,9-16)11-6-4-3-5-10(11)7-14/h3-6,14-16H,7-9H2,1-2H3. The first kappa shape index (κ1) is 13.1. The Morgan fingerprint density at radius 1 is 1.06 bits per heavy atom. The van der Waals surface area contributed by atoms with Crippen LogP contribution in [0.4, 0.5) is 0 Å². The first-order chi connectivity index (χ1) is 7.62. The minimum Gasteiger partial charge on any atom is -0.394 e. The van der Waals surface area contributed by atoms with Gasteiger partial charge in [0.25, 0.3) is 0 Å². The van der Waals surface area contributed by atoms with Crippen LogP contribution in [0.2, 0.25) is 0 Å². The van der Waals surface area contributed by atoms with Crippen molar-refractivity contribution in [3.05, 3.63) is 35.4 Å². The lowest BCUT2D eigenvalue weighted by molar-refractivity contribution is 0.0121. The number of hydrogen-bond donors (Lipinski definition) is 3.